The average molecular weight is 863 g/mol. The molecule has 0 radical (unpaired) electrons. The molecule has 0 aromatic carbocycles. The third-order valence-electron chi connectivity index (χ3n) is 8.80. The molecule has 4 atom stereocenters. The van der Waals surface area contributed by atoms with Crippen molar-refractivity contribution in [3.8, 4) is 0 Å². The van der Waals surface area contributed by atoms with Crippen LogP contribution in [0.4, 0.5) is 0 Å². The molecule has 0 spiro atoms. The Hall–Kier alpha value is -3.15. The van der Waals surface area contributed by atoms with Crippen molar-refractivity contribution < 1.29 is 52.3 Å². The number of likely N-dealkylation sites (N-methyl/N-ethyl adjacent to an activating group) is 1. The molecule has 3 N–H and O–H groups in total. The van der Waals surface area contributed by atoms with Crippen LogP contribution in [0.3, 0.4) is 0 Å². The van der Waals surface area contributed by atoms with Gasteiger partial charge in [-0.3, -0.25) is 18.6 Å². The molecule has 0 rings (SSSR count). The van der Waals surface area contributed by atoms with Gasteiger partial charge in [-0.15, -0.1) is 0 Å². The van der Waals surface area contributed by atoms with Gasteiger partial charge in [0.2, 0.25) is 0 Å². The van der Waals surface area contributed by atoms with Crippen LogP contribution in [0.5, 0.6) is 0 Å². The quantitative estimate of drug-likeness (QED) is 0.0180. The molecular formula is C48H81NO10P+. The zero-order valence-electron chi connectivity index (χ0n) is 37.6. The van der Waals surface area contributed by atoms with Gasteiger partial charge in [-0.05, 0) is 89.9 Å². The fraction of sp³-hybridized carbons (Fsp3) is 0.625. The van der Waals surface area contributed by atoms with Crippen molar-refractivity contribution in [2.24, 2.45) is 0 Å². The Morgan fingerprint density at radius 2 is 1.10 bits per heavy atom. The first kappa shape index (κ1) is 56.9. The normalized spacial score (nSPS) is 15.5. The summed E-state index contributed by atoms with van der Waals surface area (Å²) < 4.78 is 34.0. The number of quaternary nitrogens is 1. The standard InChI is InChI=1S/C48H80NO10P/c1-6-8-10-12-14-16-18-20-21-22-23-24-26-28-30-32-34-38-48(53)59-44(43-58-60(54,55)57-41-40-49(3,4)5)42-56-47(52)39-35-37-46(51)45(50)36-33-31-29-27-25-19-17-15-13-11-9-7-2/h8,10,14-17,20-21,23-25,27-28,30-31,33,44-46,50-51H,6-7,9,11-13,18-19,22,26,29,32,34-43H2,1-5H3/p+1/b10-8-,16-14-,17-15-,21-20-,24-23-,27-25-,30-28-,33-31-/t44-,45?,46?/m1/s1. The second kappa shape index (κ2) is 38.7. The SMILES string of the molecule is CC/C=C\C/C=C\C/C=C\C/C=C\C/C=C\CCCC(=O)O[C@H](COC(=O)CCCC(O)C(O)C/C=C\C/C=C\C/C=C\CCCCC)COP(=O)(O)OCC[N+](C)(C)C. The van der Waals surface area contributed by atoms with E-state index in [1.807, 2.05) is 45.4 Å². The summed E-state index contributed by atoms with van der Waals surface area (Å²) in [6.07, 6.45) is 43.6. The van der Waals surface area contributed by atoms with Crippen LogP contribution in [-0.2, 0) is 32.7 Å². The van der Waals surface area contributed by atoms with E-state index in [1.165, 1.54) is 19.3 Å². The van der Waals surface area contributed by atoms with Gasteiger partial charge in [0.1, 0.15) is 19.8 Å². The summed E-state index contributed by atoms with van der Waals surface area (Å²) >= 11 is 0. The smallest absolute Gasteiger partial charge is 0.462 e. The summed E-state index contributed by atoms with van der Waals surface area (Å²) in [7, 11) is 1.27. The number of ether oxygens (including phenoxy) is 2. The second-order valence-electron chi connectivity index (χ2n) is 15.7. The van der Waals surface area contributed by atoms with Crippen molar-refractivity contribution in [1.29, 1.82) is 0 Å². The summed E-state index contributed by atoms with van der Waals surface area (Å²) in [6.45, 7) is 3.84. The van der Waals surface area contributed by atoms with Gasteiger partial charge in [0.15, 0.2) is 6.10 Å². The van der Waals surface area contributed by atoms with E-state index < -0.39 is 51.3 Å². The number of allylic oxidation sites excluding steroid dienone is 15. The van der Waals surface area contributed by atoms with Crippen molar-refractivity contribution in [1.82, 2.24) is 0 Å². The number of aliphatic hydroxyl groups is 2. The predicted octanol–water partition coefficient (Wildman–Crippen LogP) is 10.5. The van der Waals surface area contributed by atoms with Crippen LogP contribution in [0.15, 0.2) is 97.2 Å². The van der Waals surface area contributed by atoms with E-state index in [0.29, 0.717) is 30.3 Å². The number of phosphoric ester groups is 1. The third-order valence-corrected chi connectivity index (χ3v) is 9.78. The molecule has 342 valence electrons. The molecule has 0 heterocycles. The van der Waals surface area contributed by atoms with E-state index in [2.05, 4.69) is 86.8 Å². The number of esters is 2. The minimum atomic E-state index is -4.47. The molecule has 0 aliphatic rings. The monoisotopic (exact) mass is 863 g/mol. The fourth-order valence-corrected chi connectivity index (χ4v) is 5.95. The number of carbonyl (C=O) groups is 2. The fourth-order valence-electron chi connectivity index (χ4n) is 5.21. The number of carbonyl (C=O) groups excluding carboxylic acids is 2. The van der Waals surface area contributed by atoms with Gasteiger partial charge >= 0.3 is 19.8 Å². The Labute approximate surface area is 363 Å². The molecule has 60 heavy (non-hydrogen) atoms. The molecule has 0 aromatic rings. The van der Waals surface area contributed by atoms with Crippen molar-refractivity contribution >= 4 is 19.8 Å². The van der Waals surface area contributed by atoms with Gasteiger partial charge in [-0.1, -0.05) is 124 Å². The molecule has 0 aromatic heterocycles. The van der Waals surface area contributed by atoms with Crippen LogP contribution >= 0.6 is 7.82 Å². The van der Waals surface area contributed by atoms with Crippen molar-refractivity contribution in [3.63, 3.8) is 0 Å². The molecule has 0 saturated heterocycles. The first-order valence-corrected chi connectivity index (χ1v) is 23.6. The van der Waals surface area contributed by atoms with E-state index >= 15 is 0 Å². The summed E-state index contributed by atoms with van der Waals surface area (Å²) in [6, 6.07) is 0. The van der Waals surface area contributed by atoms with Crippen LogP contribution in [0.25, 0.3) is 0 Å². The molecule has 0 fully saturated rings. The highest BCUT2D eigenvalue weighted by molar-refractivity contribution is 7.47. The Morgan fingerprint density at radius 1 is 0.600 bits per heavy atom. The highest BCUT2D eigenvalue weighted by Gasteiger charge is 2.27. The van der Waals surface area contributed by atoms with E-state index in [9.17, 15) is 29.3 Å². The van der Waals surface area contributed by atoms with Gasteiger partial charge in [0.25, 0.3) is 0 Å². The molecule has 0 bridgehead atoms. The van der Waals surface area contributed by atoms with Crippen molar-refractivity contribution in [2.75, 3.05) is 47.5 Å². The summed E-state index contributed by atoms with van der Waals surface area (Å²) in [5.41, 5.74) is 0. The maximum atomic E-state index is 12.7. The highest BCUT2D eigenvalue weighted by Crippen LogP contribution is 2.43. The number of nitrogens with zero attached hydrogens (tertiary/aromatic N) is 1. The molecule has 0 aliphatic carbocycles. The second-order valence-corrected chi connectivity index (χ2v) is 17.1. The molecule has 12 heteroatoms. The van der Waals surface area contributed by atoms with Crippen LogP contribution < -0.4 is 0 Å². The minimum absolute atomic E-state index is 0.0297. The van der Waals surface area contributed by atoms with E-state index in [0.717, 1.165) is 51.4 Å². The Kier molecular flexibility index (Phi) is 36.7. The maximum Gasteiger partial charge on any atom is 0.472 e. The number of unbranched alkanes of at least 4 members (excludes halogenated alkanes) is 4. The van der Waals surface area contributed by atoms with Gasteiger partial charge < -0.3 is 29.1 Å². The van der Waals surface area contributed by atoms with Gasteiger partial charge in [-0.25, -0.2) is 4.57 Å². The third kappa shape index (κ3) is 40.3. The van der Waals surface area contributed by atoms with Crippen LogP contribution in [0, 0.1) is 0 Å². The summed E-state index contributed by atoms with van der Waals surface area (Å²) in [5.74, 6) is -1.16. The first-order valence-electron chi connectivity index (χ1n) is 22.1. The lowest BCUT2D eigenvalue weighted by atomic mass is 10.0. The minimum Gasteiger partial charge on any atom is -0.462 e. The molecule has 0 aliphatic heterocycles. The largest absolute Gasteiger partial charge is 0.472 e. The van der Waals surface area contributed by atoms with Gasteiger partial charge in [-0.2, -0.15) is 0 Å². The Morgan fingerprint density at radius 3 is 1.63 bits per heavy atom. The maximum absolute atomic E-state index is 12.7. The molecule has 0 saturated carbocycles. The zero-order valence-corrected chi connectivity index (χ0v) is 38.5. The predicted molar refractivity (Wildman–Crippen MR) is 245 cm³/mol. The first-order chi connectivity index (χ1) is 28.8. The Bertz CT molecular complexity index is 1380. The molecule has 0 amide bonds. The lowest BCUT2D eigenvalue weighted by Gasteiger charge is -2.24. The van der Waals surface area contributed by atoms with E-state index in [-0.39, 0.29) is 32.3 Å². The van der Waals surface area contributed by atoms with Crippen LogP contribution in [0.2, 0.25) is 0 Å². The summed E-state index contributed by atoms with van der Waals surface area (Å²) in [5, 5.41) is 20.7. The molecule has 11 nitrogen and oxygen atoms in total. The van der Waals surface area contributed by atoms with E-state index in [1.54, 1.807) is 0 Å². The number of hydrogen-bond acceptors (Lipinski definition) is 9. The lowest BCUT2D eigenvalue weighted by Crippen LogP contribution is -2.37. The Balaban J connectivity index is 4.71. The summed E-state index contributed by atoms with van der Waals surface area (Å²) in [4.78, 5) is 35.4. The van der Waals surface area contributed by atoms with Crippen molar-refractivity contribution in [3.05, 3.63) is 97.2 Å². The lowest BCUT2D eigenvalue weighted by molar-refractivity contribution is -0.870. The zero-order chi connectivity index (χ0) is 44.6. The van der Waals surface area contributed by atoms with Crippen molar-refractivity contribution in [2.45, 2.75) is 148 Å². The average Bonchev–Trinajstić information content (AvgIpc) is 3.19. The van der Waals surface area contributed by atoms with Gasteiger partial charge in [0, 0.05) is 12.8 Å². The number of aliphatic hydroxyl groups excluding tert-OH is 2. The van der Waals surface area contributed by atoms with Crippen LogP contribution in [-0.4, -0.2) is 97.3 Å². The number of rotatable bonds is 38. The topological polar surface area (TPSA) is 149 Å². The molecular weight excluding hydrogens is 781 g/mol. The highest BCUT2D eigenvalue weighted by atomic mass is 31.2. The van der Waals surface area contributed by atoms with Gasteiger partial charge in [0.05, 0.1) is 40.0 Å². The van der Waals surface area contributed by atoms with Crippen LogP contribution in [0.1, 0.15) is 129 Å². The number of hydrogen-bond donors (Lipinski definition) is 3. The number of phosphoric acid groups is 1. The molecule has 3 unspecified atom stereocenters. The van der Waals surface area contributed by atoms with E-state index in [4.69, 9.17) is 18.5 Å².